The van der Waals surface area contributed by atoms with Crippen molar-refractivity contribution < 1.29 is 17.7 Å². The Morgan fingerprint density at radius 1 is 0.435 bits per heavy atom. The SMILES string of the molecule is C1CCC(C2CO[Si]3(OC2)OCC(C2CCCCC2)CO3)CC1. The Hall–Kier alpha value is 0.0569. The van der Waals surface area contributed by atoms with E-state index in [2.05, 4.69) is 0 Å². The second-order valence-electron chi connectivity index (χ2n) is 8.06. The fourth-order valence-corrected chi connectivity index (χ4v) is 7.11. The smallest absolute Gasteiger partial charge is 0.351 e. The van der Waals surface area contributed by atoms with Gasteiger partial charge in [-0.2, -0.15) is 0 Å². The van der Waals surface area contributed by atoms with Gasteiger partial charge in [0.2, 0.25) is 0 Å². The summed E-state index contributed by atoms with van der Waals surface area (Å²) in [5.41, 5.74) is 0. The third-order valence-corrected chi connectivity index (χ3v) is 8.61. The number of hydrogen-bond donors (Lipinski definition) is 0. The van der Waals surface area contributed by atoms with E-state index in [4.69, 9.17) is 17.7 Å². The fourth-order valence-electron chi connectivity index (χ4n) is 4.94. The van der Waals surface area contributed by atoms with Crippen LogP contribution >= 0.6 is 0 Å². The van der Waals surface area contributed by atoms with Crippen molar-refractivity contribution in [3.63, 3.8) is 0 Å². The van der Waals surface area contributed by atoms with Crippen molar-refractivity contribution in [3.8, 4) is 0 Å². The van der Waals surface area contributed by atoms with E-state index in [1.807, 2.05) is 0 Å². The summed E-state index contributed by atoms with van der Waals surface area (Å²) in [5.74, 6) is 2.68. The summed E-state index contributed by atoms with van der Waals surface area (Å²) in [6.45, 7) is 3.13. The zero-order valence-electron chi connectivity index (χ0n) is 14.3. The van der Waals surface area contributed by atoms with Crippen LogP contribution in [0.4, 0.5) is 0 Å². The summed E-state index contributed by atoms with van der Waals surface area (Å²) in [6.07, 6.45) is 13.7. The van der Waals surface area contributed by atoms with Crippen LogP contribution in [-0.4, -0.2) is 35.5 Å². The molecule has 2 aliphatic heterocycles. The van der Waals surface area contributed by atoms with Crippen molar-refractivity contribution in [3.05, 3.63) is 0 Å². The highest BCUT2D eigenvalue weighted by molar-refractivity contribution is 6.53. The Kier molecular flexibility index (Phi) is 5.40. The number of rotatable bonds is 2. The lowest BCUT2D eigenvalue weighted by molar-refractivity contribution is -0.131. The van der Waals surface area contributed by atoms with Gasteiger partial charge in [0.25, 0.3) is 0 Å². The predicted molar refractivity (Wildman–Crippen MR) is 89.7 cm³/mol. The van der Waals surface area contributed by atoms with Gasteiger partial charge in [-0.1, -0.05) is 64.2 Å². The molecule has 4 fully saturated rings. The zero-order chi connectivity index (χ0) is 15.5. The van der Waals surface area contributed by atoms with Crippen molar-refractivity contribution in [2.75, 3.05) is 26.4 Å². The molecule has 0 atom stereocenters. The van der Waals surface area contributed by atoms with Crippen LogP contribution in [0.3, 0.4) is 0 Å². The fraction of sp³-hybridized carbons (Fsp3) is 1.00. The molecule has 2 saturated carbocycles. The zero-order valence-corrected chi connectivity index (χ0v) is 15.3. The lowest BCUT2D eigenvalue weighted by atomic mass is 9.81. The van der Waals surface area contributed by atoms with Gasteiger partial charge in [-0.15, -0.1) is 0 Å². The minimum atomic E-state index is -2.78. The first kappa shape index (κ1) is 16.5. The third-order valence-electron chi connectivity index (χ3n) is 6.53. The second-order valence-corrected chi connectivity index (χ2v) is 10.2. The largest absolute Gasteiger partial charge is 0.679 e. The van der Waals surface area contributed by atoms with E-state index in [0.29, 0.717) is 11.8 Å². The molecule has 5 heteroatoms. The van der Waals surface area contributed by atoms with Crippen LogP contribution in [-0.2, 0) is 17.7 Å². The van der Waals surface area contributed by atoms with Crippen LogP contribution in [0, 0.1) is 23.7 Å². The van der Waals surface area contributed by atoms with Crippen LogP contribution in [0.15, 0.2) is 0 Å². The molecular weight excluding hydrogens is 308 g/mol. The van der Waals surface area contributed by atoms with Gasteiger partial charge < -0.3 is 17.7 Å². The van der Waals surface area contributed by atoms with Crippen molar-refractivity contribution in [2.24, 2.45) is 23.7 Å². The standard InChI is InChI=1S/C18H32O4Si/c1-3-7-15(8-4-1)17-11-19-23(20-12-17)21-13-18(14-22-23)16-9-5-2-6-10-16/h15-18H,1-14H2. The maximum atomic E-state index is 6.08. The van der Waals surface area contributed by atoms with Crippen LogP contribution in [0.5, 0.6) is 0 Å². The van der Waals surface area contributed by atoms with E-state index in [-0.39, 0.29) is 0 Å². The van der Waals surface area contributed by atoms with Gasteiger partial charge in [-0.05, 0) is 11.8 Å². The molecule has 23 heavy (non-hydrogen) atoms. The summed E-state index contributed by atoms with van der Waals surface area (Å²) in [7, 11) is -2.78. The first-order valence-corrected chi connectivity index (χ1v) is 11.5. The van der Waals surface area contributed by atoms with E-state index in [1.165, 1.54) is 64.2 Å². The molecule has 4 rings (SSSR count). The van der Waals surface area contributed by atoms with E-state index < -0.39 is 9.05 Å². The lowest BCUT2D eigenvalue weighted by Crippen LogP contribution is -2.59. The maximum Gasteiger partial charge on any atom is 0.679 e. The number of hydrogen-bond acceptors (Lipinski definition) is 4. The Balaban J connectivity index is 1.25. The van der Waals surface area contributed by atoms with Crippen LogP contribution in [0.25, 0.3) is 0 Å². The second kappa shape index (κ2) is 7.52. The molecule has 0 unspecified atom stereocenters. The maximum absolute atomic E-state index is 6.08. The molecule has 2 aliphatic carbocycles. The normalized spacial score (nSPS) is 41.2. The Labute approximate surface area is 141 Å². The first-order valence-electron chi connectivity index (χ1n) is 9.90. The summed E-state index contributed by atoms with van der Waals surface area (Å²) >= 11 is 0. The molecule has 0 aromatic carbocycles. The van der Waals surface area contributed by atoms with Crippen molar-refractivity contribution in [1.82, 2.24) is 0 Å². The van der Waals surface area contributed by atoms with Gasteiger partial charge in [-0.3, -0.25) is 0 Å². The average molecular weight is 341 g/mol. The van der Waals surface area contributed by atoms with Gasteiger partial charge in [-0.25, -0.2) is 0 Å². The Bertz CT molecular complexity index is 324. The molecule has 2 saturated heterocycles. The molecule has 4 aliphatic rings. The Morgan fingerprint density at radius 3 is 1.13 bits per heavy atom. The molecule has 0 N–H and O–H groups in total. The molecule has 2 heterocycles. The molecular formula is C18H32O4Si. The molecule has 1 spiro atoms. The summed E-state index contributed by atoms with van der Waals surface area (Å²) < 4.78 is 24.3. The van der Waals surface area contributed by atoms with Gasteiger partial charge in [0.1, 0.15) is 0 Å². The molecule has 0 amide bonds. The van der Waals surface area contributed by atoms with Crippen molar-refractivity contribution in [2.45, 2.75) is 64.2 Å². The third kappa shape index (κ3) is 3.84. The summed E-state index contributed by atoms with van der Waals surface area (Å²) in [6, 6.07) is 0. The summed E-state index contributed by atoms with van der Waals surface area (Å²) in [4.78, 5) is 0. The van der Waals surface area contributed by atoms with E-state index in [0.717, 1.165) is 38.3 Å². The van der Waals surface area contributed by atoms with Crippen LogP contribution in [0.2, 0.25) is 0 Å². The molecule has 4 nitrogen and oxygen atoms in total. The lowest BCUT2D eigenvalue weighted by Gasteiger charge is -2.43. The molecule has 0 aromatic rings. The first-order chi connectivity index (χ1) is 11.3. The van der Waals surface area contributed by atoms with E-state index >= 15 is 0 Å². The quantitative estimate of drug-likeness (QED) is 0.714. The minimum Gasteiger partial charge on any atom is -0.351 e. The summed E-state index contributed by atoms with van der Waals surface area (Å²) in [5, 5.41) is 0. The molecule has 132 valence electrons. The van der Waals surface area contributed by atoms with Crippen molar-refractivity contribution in [1.29, 1.82) is 0 Å². The highest BCUT2D eigenvalue weighted by Crippen LogP contribution is 2.37. The molecule has 0 radical (unpaired) electrons. The predicted octanol–water partition coefficient (Wildman–Crippen LogP) is 3.91. The average Bonchev–Trinajstić information content (AvgIpc) is 2.65. The van der Waals surface area contributed by atoms with E-state index in [9.17, 15) is 0 Å². The highest BCUT2D eigenvalue weighted by atomic mass is 28.4. The van der Waals surface area contributed by atoms with Crippen LogP contribution < -0.4 is 0 Å². The van der Waals surface area contributed by atoms with Gasteiger partial charge in [0.05, 0.1) is 0 Å². The van der Waals surface area contributed by atoms with Crippen molar-refractivity contribution >= 4 is 9.05 Å². The monoisotopic (exact) mass is 340 g/mol. The van der Waals surface area contributed by atoms with Crippen LogP contribution in [0.1, 0.15) is 64.2 Å². The van der Waals surface area contributed by atoms with Gasteiger partial charge >= 0.3 is 9.05 Å². The minimum absolute atomic E-state index is 0.552. The van der Waals surface area contributed by atoms with Gasteiger partial charge in [0.15, 0.2) is 0 Å². The highest BCUT2D eigenvalue weighted by Gasteiger charge is 2.53. The topological polar surface area (TPSA) is 36.9 Å². The van der Waals surface area contributed by atoms with Gasteiger partial charge in [0, 0.05) is 38.3 Å². The Morgan fingerprint density at radius 2 is 0.783 bits per heavy atom. The van der Waals surface area contributed by atoms with E-state index in [1.54, 1.807) is 0 Å². The molecule has 0 aromatic heterocycles. The molecule has 0 bridgehead atoms.